The summed E-state index contributed by atoms with van der Waals surface area (Å²) < 4.78 is 4.98. The Kier molecular flexibility index (Phi) is 6.52. The largest absolute Gasteiger partial charge is 0.466 e. The van der Waals surface area contributed by atoms with E-state index < -0.39 is 0 Å². The van der Waals surface area contributed by atoms with Crippen LogP contribution in [0, 0.1) is 11.8 Å². The zero-order chi connectivity index (χ0) is 12.7. The molecule has 0 aromatic rings. The minimum absolute atomic E-state index is 0.0451. The fraction of sp³-hybridized carbons (Fsp3) is 0.923. The summed E-state index contributed by atoms with van der Waals surface area (Å²) in [5.41, 5.74) is 0. The molecular weight excluding hydrogens is 216 g/mol. The molecular formula is C13H26N2O2. The standard InChI is InChI=1S/C13H26N2O2/c1-4-17-13(16)11(2)8-14-9-12-6-5-7-15(3)10-12/h11-12,14H,4-10H2,1-3H3. The fourth-order valence-electron chi connectivity index (χ4n) is 2.31. The Morgan fingerprint density at radius 3 is 3.00 bits per heavy atom. The number of carbonyl (C=O) groups is 1. The Morgan fingerprint density at radius 1 is 1.59 bits per heavy atom. The molecule has 0 aromatic carbocycles. The van der Waals surface area contributed by atoms with Crippen molar-refractivity contribution >= 4 is 5.97 Å². The number of hydrogen-bond acceptors (Lipinski definition) is 4. The summed E-state index contributed by atoms with van der Waals surface area (Å²) >= 11 is 0. The average Bonchev–Trinajstić information content (AvgIpc) is 2.29. The highest BCUT2D eigenvalue weighted by atomic mass is 16.5. The molecule has 100 valence electrons. The van der Waals surface area contributed by atoms with Crippen LogP contribution in [0.25, 0.3) is 0 Å². The van der Waals surface area contributed by atoms with Gasteiger partial charge >= 0.3 is 5.97 Å². The molecule has 1 heterocycles. The van der Waals surface area contributed by atoms with Crippen molar-refractivity contribution in [2.45, 2.75) is 26.7 Å². The van der Waals surface area contributed by atoms with Crippen LogP contribution < -0.4 is 5.32 Å². The van der Waals surface area contributed by atoms with Gasteiger partial charge < -0.3 is 15.0 Å². The second-order valence-corrected chi connectivity index (χ2v) is 5.08. The lowest BCUT2D eigenvalue weighted by Crippen LogP contribution is -2.39. The van der Waals surface area contributed by atoms with Gasteiger partial charge in [-0.3, -0.25) is 4.79 Å². The van der Waals surface area contributed by atoms with Crippen LogP contribution in [0.2, 0.25) is 0 Å². The molecule has 2 atom stereocenters. The minimum atomic E-state index is -0.0965. The number of ether oxygens (including phenoxy) is 1. The molecule has 4 nitrogen and oxygen atoms in total. The van der Waals surface area contributed by atoms with Crippen LogP contribution >= 0.6 is 0 Å². The van der Waals surface area contributed by atoms with E-state index in [0.29, 0.717) is 6.61 Å². The second kappa shape index (κ2) is 7.67. The lowest BCUT2D eigenvalue weighted by atomic mass is 9.98. The second-order valence-electron chi connectivity index (χ2n) is 5.08. The predicted octanol–water partition coefficient (Wildman–Crippen LogP) is 1.12. The van der Waals surface area contributed by atoms with Crippen LogP contribution in [0.4, 0.5) is 0 Å². The minimum Gasteiger partial charge on any atom is -0.466 e. The molecule has 0 amide bonds. The number of hydrogen-bond donors (Lipinski definition) is 1. The van der Waals surface area contributed by atoms with Gasteiger partial charge in [-0.25, -0.2) is 0 Å². The van der Waals surface area contributed by atoms with Crippen LogP contribution in [-0.4, -0.2) is 50.7 Å². The van der Waals surface area contributed by atoms with E-state index >= 15 is 0 Å². The van der Waals surface area contributed by atoms with Gasteiger partial charge in [0.15, 0.2) is 0 Å². The van der Waals surface area contributed by atoms with Crippen molar-refractivity contribution in [1.29, 1.82) is 0 Å². The van der Waals surface area contributed by atoms with Crippen LogP contribution in [0.5, 0.6) is 0 Å². The fourth-order valence-corrected chi connectivity index (χ4v) is 2.31. The van der Waals surface area contributed by atoms with E-state index in [1.54, 1.807) is 0 Å². The van der Waals surface area contributed by atoms with Crippen molar-refractivity contribution in [3.63, 3.8) is 0 Å². The van der Waals surface area contributed by atoms with Gasteiger partial charge in [-0.1, -0.05) is 6.92 Å². The molecule has 0 aromatic heterocycles. The van der Waals surface area contributed by atoms with Gasteiger partial charge in [0.05, 0.1) is 12.5 Å². The average molecular weight is 242 g/mol. The molecule has 2 unspecified atom stereocenters. The predicted molar refractivity (Wildman–Crippen MR) is 68.9 cm³/mol. The molecule has 0 spiro atoms. The first-order valence-corrected chi connectivity index (χ1v) is 6.69. The monoisotopic (exact) mass is 242 g/mol. The van der Waals surface area contributed by atoms with E-state index in [1.165, 1.54) is 25.9 Å². The smallest absolute Gasteiger partial charge is 0.309 e. The maximum atomic E-state index is 11.4. The first-order valence-electron chi connectivity index (χ1n) is 6.69. The summed E-state index contributed by atoms with van der Waals surface area (Å²) in [7, 11) is 2.17. The zero-order valence-corrected chi connectivity index (χ0v) is 11.4. The number of nitrogens with one attached hydrogen (secondary N) is 1. The highest BCUT2D eigenvalue weighted by molar-refractivity contribution is 5.72. The lowest BCUT2D eigenvalue weighted by molar-refractivity contribution is -0.147. The summed E-state index contributed by atoms with van der Waals surface area (Å²) in [6, 6.07) is 0. The van der Waals surface area contributed by atoms with E-state index in [1.807, 2.05) is 13.8 Å². The molecule has 1 rings (SSSR count). The summed E-state index contributed by atoms with van der Waals surface area (Å²) in [6.45, 7) is 8.34. The molecule has 17 heavy (non-hydrogen) atoms. The van der Waals surface area contributed by atoms with Gasteiger partial charge in [0.1, 0.15) is 0 Å². The number of rotatable bonds is 6. The maximum Gasteiger partial charge on any atom is 0.309 e. The first kappa shape index (κ1) is 14.5. The van der Waals surface area contributed by atoms with E-state index in [9.17, 15) is 4.79 Å². The van der Waals surface area contributed by atoms with Crippen molar-refractivity contribution in [1.82, 2.24) is 10.2 Å². The van der Waals surface area contributed by atoms with Crippen molar-refractivity contribution in [3.8, 4) is 0 Å². The summed E-state index contributed by atoms with van der Waals surface area (Å²) in [4.78, 5) is 13.8. The van der Waals surface area contributed by atoms with Gasteiger partial charge in [-0.2, -0.15) is 0 Å². The highest BCUT2D eigenvalue weighted by Gasteiger charge is 2.18. The number of esters is 1. The van der Waals surface area contributed by atoms with Crippen molar-refractivity contribution in [3.05, 3.63) is 0 Å². The molecule has 0 radical (unpaired) electrons. The summed E-state index contributed by atoms with van der Waals surface area (Å²) in [6.07, 6.45) is 2.58. The third kappa shape index (κ3) is 5.50. The SMILES string of the molecule is CCOC(=O)C(C)CNCC1CCCN(C)C1. The topological polar surface area (TPSA) is 41.6 Å². The number of nitrogens with zero attached hydrogens (tertiary/aromatic N) is 1. The van der Waals surface area contributed by atoms with Crippen molar-refractivity contribution < 1.29 is 9.53 Å². The van der Waals surface area contributed by atoms with Crippen LogP contribution in [-0.2, 0) is 9.53 Å². The van der Waals surface area contributed by atoms with Crippen LogP contribution in [0.1, 0.15) is 26.7 Å². The molecule has 1 saturated heterocycles. The number of likely N-dealkylation sites (tertiary alicyclic amines) is 1. The first-order chi connectivity index (χ1) is 8.13. The number of carbonyl (C=O) groups excluding carboxylic acids is 1. The van der Waals surface area contributed by atoms with Gasteiger partial charge in [-0.05, 0) is 45.8 Å². The van der Waals surface area contributed by atoms with Crippen LogP contribution in [0.3, 0.4) is 0 Å². The normalized spacial score (nSPS) is 23.4. The molecule has 1 aliphatic heterocycles. The zero-order valence-electron chi connectivity index (χ0n) is 11.4. The Morgan fingerprint density at radius 2 is 2.35 bits per heavy atom. The molecule has 1 fully saturated rings. The molecule has 0 saturated carbocycles. The molecule has 1 aliphatic rings. The number of piperidine rings is 1. The Labute approximate surface area is 105 Å². The molecule has 4 heteroatoms. The third-order valence-corrected chi connectivity index (χ3v) is 3.29. The molecule has 0 aliphatic carbocycles. The molecule has 1 N–H and O–H groups in total. The summed E-state index contributed by atoms with van der Waals surface area (Å²) in [5, 5.41) is 3.39. The lowest BCUT2D eigenvalue weighted by Gasteiger charge is -2.30. The van der Waals surface area contributed by atoms with Gasteiger partial charge in [-0.15, -0.1) is 0 Å². The van der Waals surface area contributed by atoms with Gasteiger partial charge in [0.2, 0.25) is 0 Å². The highest BCUT2D eigenvalue weighted by Crippen LogP contribution is 2.13. The van der Waals surface area contributed by atoms with Gasteiger partial charge in [0.25, 0.3) is 0 Å². The maximum absolute atomic E-state index is 11.4. The third-order valence-electron chi connectivity index (χ3n) is 3.29. The Balaban J connectivity index is 2.12. The van der Waals surface area contributed by atoms with E-state index in [-0.39, 0.29) is 11.9 Å². The van der Waals surface area contributed by atoms with E-state index in [2.05, 4.69) is 17.3 Å². The Bertz CT molecular complexity index is 233. The van der Waals surface area contributed by atoms with Gasteiger partial charge in [0, 0.05) is 13.1 Å². The van der Waals surface area contributed by atoms with Crippen molar-refractivity contribution in [2.24, 2.45) is 11.8 Å². The van der Waals surface area contributed by atoms with Crippen LogP contribution in [0.15, 0.2) is 0 Å². The van der Waals surface area contributed by atoms with Crippen molar-refractivity contribution in [2.75, 3.05) is 39.8 Å². The van der Waals surface area contributed by atoms with E-state index in [4.69, 9.17) is 4.74 Å². The van der Waals surface area contributed by atoms with E-state index in [0.717, 1.165) is 19.0 Å². The molecule has 0 bridgehead atoms. The Hall–Kier alpha value is -0.610. The quantitative estimate of drug-likeness (QED) is 0.709. The summed E-state index contributed by atoms with van der Waals surface area (Å²) in [5.74, 6) is 0.583.